The van der Waals surface area contributed by atoms with Crippen LogP contribution < -0.4 is 10.6 Å². The number of benzene rings is 3. The second kappa shape index (κ2) is 11.7. The third-order valence-electron chi connectivity index (χ3n) is 7.69. The Hall–Kier alpha value is -4.17. The quantitative estimate of drug-likeness (QED) is 0.386. The van der Waals surface area contributed by atoms with E-state index >= 15 is 0 Å². The zero-order valence-electron chi connectivity index (χ0n) is 21.8. The second-order valence-corrected chi connectivity index (χ2v) is 10.3. The molecule has 3 aromatic carbocycles. The van der Waals surface area contributed by atoms with E-state index in [1.54, 1.807) is 0 Å². The van der Waals surface area contributed by atoms with Crippen molar-refractivity contribution in [3.63, 3.8) is 0 Å². The Bertz CT molecular complexity index is 1290. The van der Waals surface area contributed by atoms with Crippen molar-refractivity contribution in [2.24, 2.45) is 0 Å². The number of piperidine rings is 1. The molecule has 0 spiro atoms. The standard InChI is InChI=1S/C31H33N3O5/c35-28(33-31(18-29(36)37)14-16-34(17-15-31)20-22-8-2-1-3-9-22)19-32-30(38)39-21-27-25-12-6-4-10-23(25)24-11-5-7-13-26(24)27/h1-13,27H,14-21H2,(H,32,38)(H,33,35)(H,36,37). The fourth-order valence-electron chi connectivity index (χ4n) is 5.76. The van der Waals surface area contributed by atoms with Crippen molar-refractivity contribution in [1.29, 1.82) is 0 Å². The largest absolute Gasteiger partial charge is 0.481 e. The van der Waals surface area contributed by atoms with Gasteiger partial charge in [-0.25, -0.2) is 4.79 Å². The molecule has 5 rings (SSSR count). The highest BCUT2D eigenvalue weighted by atomic mass is 16.5. The molecule has 39 heavy (non-hydrogen) atoms. The molecule has 3 N–H and O–H groups in total. The third-order valence-corrected chi connectivity index (χ3v) is 7.69. The topological polar surface area (TPSA) is 108 Å². The molecular weight excluding hydrogens is 494 g/mol. The van der Waals surface area contributed by atoms with Gasteiger partial charge in [-0.15, -0.1) is 0 Å². The van der Waals surface area contributed by atoms with Crippen molar-refractivity contribution in [2.75, 3.05) is 26.2 Å². The Morgan fingerprint density at radius 2 is 1.46 bits per heavy atom. The van der Waals surface area contributed by atoms with Gasteiger partial charge >= 0.3 is 12.1 Å². The van der Waals surface area contributed by atoms with Gasteiger partial charge in [-0.05, 0) is 40.7 Å². The molecule has 202 valence electrons. The highest BCUT2D eigenvalue weighted by Crippen LogP contribution is 2.44. The third kappa shape index (κ3) is 6.29. The number of hydrogen-bond acceptors (Lipinski definition) is 5. The number of fused-ring (bicyclic) bond motifs is 3. The molecule has 0 aromatic heterocycles. The van der Waals surface area contributed by atoms with Crippen LogP contribution in [0.2, 0.25) is 0 Å². The van der Waals surface area contributed by atoms with Crippen LogP contribution in [0.1, 0.15) is 41.9 Å². The first kappa shape index (κ1) is 26.4. The summed E-state index contributed by atoms with van der Waals surface area (Å²) < 4.78 is 5.51. The summed E-state index contributed by atoms with van der Waals surface area (Å²) in [5.74, 6) is -1.46. The van der Waals surface area contributed by atoms with Crippen LogP contribution in [-0.2, 0) is 20.9 Å². The van der Waals surface area contributed by atoms with Gasteiger partial charge in [-0.3, -0.25) is 14.5 Å². The molecule has 1 saturated heterocycles. The lowest BCUT2D eigenvalue weighted by Crippen LogP contribution is -2.57. The summed E-state index contributed by atoms with van der Waals surface area (Å²) in [5.41, 5.74) is 4.84. The normalized spacial score (nSPS) is 16.1. The van der Waals surface area contributed by atoms with Crippen molar-refractivity contribution >= 4 is 18.0 Å². The molecule has 2 aliphatic rings. The lowest BCUT2D eigenvalue weighted by atomic mass is 9.84. The summed E-state index contributed by atoms with van der Waals surface area (Å²) in [6.45, 7) is 1.99. The summed E-state index contributed by atoms with van der Waals surface area (Å²) in [5, 5.41) is 15.0. The van der Waals surface area contributed by atoms with Crippen molar-refractivity contribution in [1.82, 2.24) is 15.5 Å². The van der Waals surface area contributed by atoms with Crippen LogP contribution in [0, 0.1) is 0 Å². The Kier molecular flexibility index (Phi) is 7.93. The van der Waals surface area contributed by atoms with Gasteiger partial charge in [0.25, 0.3) is 0 Å². The van der Waals surface area contributed by atoms with E-state index in [1.165, 1.54) is 5.56 Å². The zero-order chi connectivity index (χ0) is 27.2. The Morgan fingerprint density at radius 3 is 2.08 bits per heavy atom. The summed E-state index contributed by atoms with van der Waals surface area (Å²) in [7, 11) is 0. The molecule has 8 nitrogen and oxygen atoms in total. The predicted molar refractivity (Wildman–Crippen MR) is 147 cm³/mol. The number of carboxylic acids is 1. The van der Waals surface area contributed by atoms with Crippen molar-refractivity contribution in [3.8, 4) is 11.1 Å². The average molecular weight is 528 g/mol. The SMILES string of the molecule is O=C(O)CC1(NC(=O)CNC(=O)OCC2c3ccccc3-c3ccccc32)CCN(Cc2ccccc2)CC1. The molecule has 1 heterocycles. The molecule has 8 heteroatoms. The summed E-state index contributed by atoms with van der Waals surface area (Å²) in [4.78, 5) is 39.1. The van der Waals surface area contributed by atoms with Crippen molar-refractivity contribution in [3.05, 3.63) is 95.6 Å². The minimum atomic E-state index is -0.962. The molecule has 0 bridgehead atoms. The van der Waals surface area contributed by atoms with Gasteiger partial charge in [-0.1, -0.05) is 78.9 Å². The number of alkyl carbamates (subject to hydrolysis) is 1. The number of nitrogens with zero attached hydrogens (tertiary/aromatic N) is 1. The maximum Gasteiger partial charge on any atom is 0.407 e. The number of rotatable bonds is 9. The van der Waals surface area contributed by atoms with Crippen molar-refractivity contribution < 1.29 is 24.2 Å². The number of nitrogens with one attached hydrogen (secondary N) is 2. The smallest absolute Gasteiger partial charge is 0.407 e. The number of hydrogen-bond donors (Lipinski definition) is 3. The molecule has 1 aliphatic heterocycles. The number of carbonyl (C=O) groups is 3. The maximum absolute atomic E-state index is 12.8. The summed E-state index contributed by atoms with van der Waals surface area (Å²) in [6, 6.07) is 26.3. The van der Waals surface area contributed by atoms with E-state index in [1.807, 2.05) is 54.6 Å². The van der Waals surface area contributed by atoms with Crippen LogP contribution in [0.25, 0.3) is 11.1 Å². The van der Waals surface area contributed by atoms with Crippen LogP contribution in [-0.4, -0.2) is 59.8 Å². The van der Waals surface area contributed by atoms with Gasteiger partial charge in [0, 0.05) is 25.6 Å². The van der Waals surface area contributed by atoms with Gasteiger partial charge in [0.2, 0.25) is 5.91 Å². The van der Waals surface area contributed by atoms with Crippen LogP contribution >= 0.6 is 0 Å². The highest BCUT2D eigenvalue weighted by Gasteiger charge is 2.38. The number of amides is 2. The van der Waals surface area contributed by atoms with Crippen LogP contribution in [0.5, 0.6) is 0 Å². The van der Waals surface area contributed by atoms with E-state index in [0.29, 0.717) is 25.9 Å². The fraction of sp³-hybridized carbons (Fsp3) is 0.323. The molecule has 0 saturated carbocycles. The van der Waals surface area contributed by atoms with Crippen molar-refractivity contribution in [2.45, 2.75) is 37.3 Å². The number of carboxylic acid groups (broad SMARTS) is 1. The van der Waals surface area contributed by atoms with E-state index in [0.717, 1.165) is 28.8 Å². The Balaban J connectivity index is 1.12. The van der Waals surface area contributed by atoms with Crippen LogP contribution in [0.15, 0.2) is 78.9 Å². The molecule has 0 atom stereocenters. The van der Waals surface area contributed by atoms with E-state index in [9.17, 15) is 19.5 Å². The lowest BCUT2D eigenvalue weighted by Gasteiger charge is -2.41. The Morgan fingerprint density at radius 1 is 0.872 bits per heavy atom. The minimum Gasteiger partial charge on any atom is -0.481 e. The predicted octanol–water partition coefficient (Wildman–Crippen LogP) is 4.15. The van der Waals surface area contributed by atoms with Crippen LogP contribution in [0.3, 0.4) is 0 Å². The number of ether oxygens (including phenoxy) is 1. The van der Waals surface area contributed by atoms with Gasteiger partial charge in [-0.2, -0.15) is 0 Å². The molecule has 0 radical (unpaired) electrons. The highest BCUT2D eigenvalue weighted by molar-refractivity contribution is 5.84. The van der Waals surface area contributed by atoms with Gasteiger partial charge < -0.3 is 20.5 Å². The zero-order valence-corrected chi connectivity index (χ0v) is 21.8. The van der Waals surface area contributed by atoms with E-state index in [-0.39, 0.29) is 25.5 Å². The first-order chi connectivity index (χ1) is 18.9. The van der Waals surface area contributed by atoms with E-state index < -0.39 is 23.5 Å². The average Bonchev–Trinajstić information content (AvgIpc) is 3.26. The Labute approximate surface area is 228 Å². The van der Waals surface area contributed by atoms with E-state index in [2.05, 4.69) is 39.8 Å². The summed E-state index contributed by atoms with van der Waals surface area (Å²) >= 11 is 0. The molecule has 3 aromatic rings. The first-order valence-electron chi connectivity index (χ1n) is 13.3. The van der Waals surface area contributed by atoms with Crippen LogP contribution in [0.4, 0.5) is 4.79 Å². The monoisotopic (exact) mass is 527 g/mol. The van der Waals surface area contributed by atoms with Gasteiger partial charge in [0.05, 0.1) is 12.0 Å². The maximum atomic E-state index is 12.8. The minimum absolute atomic E-state index is 0.0723. The first-order valence-corrected chi connectivity index (χ1v) is 13.3. The number of likely N-dealkylation sites (tertiary alicyclic amines) is 1. The fourth-order valence-corrected chi connectivity index (χ4v) is 5.76. The molecule has 0 unspecified atom stereocenters. The van der Waals surface area contributed by atoms with Gasteiger partial charge in [0.1, 0.15) is 13.2 Å². The molecule has 1 aliphatic carbocycles. The number of carbonyl (C=O) groups excluding carboxylic acids is 2. The molecule has 1 fully saturated rings. The van der Waals surface area contributed by atoms with Gasteiger partial charge in [0.15, 0.2) is 0 Å². The lowest BCUT2D eigenvalue weighted by molar-refractivity contribution is -0.140. The second-order valence-electron chi connectivity index (χ2n) is 10.3. The molecule has 2 amide bonds. The molecular formula is C31H33N3O5. The van der Waals surface area contributed by atoms with E-state index in [4.69, 9.17) is 4.74 Å². The number of aliphatic carboxylic acids is 1. The summed E-state index contributed by atoms with van der Waals surface area (Å²) in [6.07, 6.45) is 0.186.